The van der Waals surface area contributed by atoms with Gasteiger partial charge in [0.2, 0.25) is 0 Å². The van der Waals surface area contributed by atoms with Crippen LogP contribution in [-0.4, -0.2) is 69.4 Å². The van der Waals surface area contributed by atoms with Crippen molar-refractivity contribution in [3.63, 3.8) is 0 Å². The van der Waals surface area contributed by atoms with E-state index in [0.717, 1.165) is 19.2 Å². The highest BCUT2D eigenvalue weighted by molar-refractivity contribution is 5.76. The number of amides is 2. The third kappa shape index (κ3) is 4.76. The van der Waals surface area contributed by atoms with Gasteiger partial charge in [0, 0.05) is 36.7 Å². The Kier molecular flexibility index (Phi) is 6.82. The number of carbonyl (C=O) groups is 1. The smallest absolute Gasteiger partial charge is 0.414 e. The van der Waals surface area contributed by atoms with Gasteiger partial charge in [0.05, 0.1) is 37.2 Å². The summed E-state index contributed by atoms with van der Waals surface area (Å²) in [5.41, 5.74) is -2.12. The van der Waals surface area contributed by atoms with E-state index in [1.54, 1.807) is 10.6 Å². The normalized spacial score (nSPS) is 20.2. The summed E-state index contributed by atoms with van der Waals surface area (Å²) in [7, 11) is 2.66. The molecule has 0 aromatic carbocycles. The van der Waals surface area contributed by atoms with Crippen molar-refractivity contribution < 1.29 is 40.6 Å². The Balaban J connectivity index is 1.74. The molecule has 3 aromatic rings. The lowest BCUT2D eigenvalue weighted by Gasteiger charge is -2.32. The zero-order chi connectivity index (χ0) is 28.0. The monoisotopic (exact) mass is 546 g/mol. The van der Waals surface area contributed by atoms with Crippen LogP contribution in [0.5, 0.6) is 11.6 Å². The van der Waals surface area contributed by atoms with Gasteiger partial charge in [-0.15, -0.1) is 0 Å². The number of fused-ring (bicyclic) bond motifs is 1. The van der Waals surface area contributed by atoms with Crippen molar-refractivity contribution in [1.29, 1.82) is 0 Å². The van der Waals surface area contributed by atoms with Gasteiger partial charge in [0.1, 0.15) is 5.75 Å². The summed E-state index contributed by atoms with van der Waals surface area (Å²) in [5.74, 6) is 0.196. The number of nitrogens with zero attached hydrogens (tertiary/aromatic N) is 5. The van der Waals surface area contributed by atoms with E-state index < -0.39 is 54.5 Å². The minimum absolute atomic E-state index is 0.0927. The number of rotatable bonds is 7. The van der Waals surface area contributed by atoms with Gasteiger partial charge < -0.3 is 24.1 Å². The van der Waals surface area contributed by atoms with Crippen LogP contribution in [0.25, 0.3) is 16.9 Å². The first kappa shape index (κ1) is 27.3. The maximum Gasteiger partial charge on any atom is 0.414 e. The largest absolute Gasteiger partial charge is 0.494 e. The van der Waals surface area contributed by atoms with Gasteiger partial charge in [-0.2, -0.15) is 26.3 Å². The van der Waals surface area contributed by atoms with Crippen molar-refractivity contribution in [3.05, 3.63) is 36.5 Å². The number of pyridine rings is 1. The molecule has 0 unspecified atom stereocenters. The van der Waals surface area contributed by atoms with Gasteiger partial charge in [0.15, 0.2) is 11.7 Å². The number of aromatic nitrogens is 4. The predicted octanol–water partition coefficient (Wildman–Crippen LogP) is 4.78. The summed E-state index contributed by atoms with van der Waals surface area (Å²) in [4.78, 5) is 25.6. The number of alkyl halides is 6. The number of methoxy groups -OCH3 is 2. The lowest BCUT2D eigenvalue weighted by atomic mass is 10.1. The number of hydrogen-bond acceptors (Lipinski definition) is 6. The highest BCUT2D eigenvalue weighted by atomic mass is 19.4. The quantitative estimate of drug-likeness (QED) is 0.429. The number of nitrogens with one attached hydrogen (secondary N) is 1. The molecule has 4 rings (SSSR count). The van der Waals surface area contributed by atoms with E-state index in [1.165, 1.54) is 33.5 Å². The number of ether oxygens (including phenoxy) is 2. The van der Waals surface area contributed by atoms with E-state index >= 15 is 0 Å². The molecule has 1 fully saturated rings. The molecule has 0 spiro atoms. The van der Waals surface area contributed by atoms with E-state index in [-0.39, 0.29) is 22.9 Å². The zero-order valence-corrected chi connectivity index (χ0v) is 20.7. The highest BCUT2D eigenvalue weighted by Gasteiger charge is 2.68. The van der Waals surface area contributed by atoms with Gasteiger partial charge in [0.25, 0.3) is 5.88 Å². The second kappa shape index (κ2) is 9.51. The van der Waals surface area contributed by atoms with Crippen molar-refractivity contribution in [2.75, 3.05) is 20.8 Å². The Bertz CT molecular complexity index is 1340. The average Bonchev–Trinajstić information content (AvgIpc) is 3.28. The minimum Gasteiger partial charge on any atom is -0.494 e. The van der Waals surface area contributed by atoms with Crippen molar-refractivity contribution >= 4 is 11.7 Å². The summed E-state index contributed by atoms with van der Waals surface area (Å²) in [5, 5.41) is 2.10. The molecule has 0 aliphatic heterocycles. The van der Waals surface area contributed by atoms with Crippen LogP contribution < -0.4 is 14.8 Å². The fourth-order valence-corrected chi connectivity index (χ4v) is 4.21. The van der Waals surface area contributed by atoms with E-state index in [9.17, 15) is 31.1 Å². The Labute approximate surface area is 212 Å². The van der Waals surface area contributed by atoms with E-state index in [0.29, 0.717) is 10.5 Å². The van der Waals surface area contributed by atoms with Gasteiger partial charge >= 0.3 is 18.4 Å². The Morgan fingerprint density at radius 1 is 1.24 bits per heavy atom. The molecule has 2 amide bonds. The molecule has 0 bridgehead atoms. The lowest BCUT2D eigenvalue weighted by Crippen LogP contribution is -2.49. The topological polar surface area (TPSA) is 93.9 Å². The SMILES string of the molecule is CCN(C(=O)N[C@@H]1C[C@@]1(C)C(F)(F)F)[C@@H](c1cc(-c2cn3ccnc3c(OC)n2)c(OC)cn1)C(F)(F)F. The van der Waals surface area contributed by atoms with Crippen LogP contribution in [0, 0.1) is 5.41 Å². The molecular formula is C23H24F6N6O3. The molecule has 38 heavy (non-hydrogen) atoms. The van der Waals surface area contributed by atoms with Gasteiger partial charge in [-0.3, -0.25) is 4.98 Å². The maximum absolute atomic E-state index is 14.4. The number of imidazole rings is 1. The number of halogens is 6. The van der Waals surface area contributed by atoms with Crippen molar-refractivity contribution in [2.45, 2.75) is 44.7 Å². The molecule has 15 heteroatoms. The average molecular weight is 546 g/mol. The second-order valence-corrected chi connectivity index (χ2v) is 8.95. The van der Waals surface area contributed by atoms with E-state index in [2.05, 4.69) is 20.3 Å². The van der Waals surface area contributed by atoms with Crippen LogP contribution in [0.1, 0.15) is 32.0 Å². The van der Waals surface area contributed by atoms with E-state index in [1.807, 2.05) is 0 Å². The standard InChI is InChI=1S/C23H24F6N6O3/c1-5-35(20(36)33-16-9-21(16,2)23(27,28)29)17(22(24,25)26)13-8-12(15(37-3)10-31-13)14-11-34-7-6-30-18(34)19(32-14)38-4/h6-8,10-11,16-17H,5,9H2,1-4H3,(H,33,36)/t16-,17+,21-/m1/s1. The maximum atomic E-state index is 14.4. The second-order valence-electron chi connectivity index (χ2n) is 8.95. The van der Waals surface area contributed by atoms with Gasteiger partial charge in [-0.25, -0.2) is 14.8 Å². The molecule has 1 saturated carbocycles. The predicted molar refractivity (Wildman–Crippen MR) is 122 cm³/mol. The zero-order valence-electron chi connectivity index (χ0n) is 20.7. The first-order valence-corrected chi connectivity index (χ1v) is 11.4. The summed E-state index contributed by atoms with van der Waals surface area (Å²) in [6, 6.07) is -4.11. The summed E-state index contributed by atoms with van der Waals surface area (Å²) in [6.45, 7) is 1.74. The van der Waals surface area contributed by atoms with Crippen LogP contribution in [0.2, 0.25) is 0 Å². The molecule has 3 heterocycles. The Hall–Kier alpha value is -3.78. The van der Waals surface area contributed by atoms with Gasteiger partial charge in [-0.1, -0.05) is 0 Å². The molecule has 0 radical (unpaired) electrons. The third-order valence-corrected chi connectivity index (χ3v) is 6.61. The molecule has 1 aliphatic rings. The number of hydrogen-bond donors (Lipinski definition) is 1. The molecule has 9 nitrogen and oxygen atoms in total. The van der Waals surface area contributed by atoms with Crippen LogP contribution in [-0.2, 0) is 0 Å². The molecule has 3 atom stereocenters. The summed E-state index contributed by atoms with van der Waals surface area (Å²) in [6.07, 6.45) is -4.41. The minimum atomic E-state index is -5.01. The van der Waals surface area contributed by atoms with Crippen LogP contribution in [0.4, 0.5) is 31.1 Å². The molecule has 1 aliphatic carbocycles. The number of urea groups is 1. The Morgan fingerprint density at radius 3 is 2.50 bits per heavy atom. The molecule has 0 saturated heterocycles. The number of carbonyl (C=O) groups excluding carboxylic acids is 1. The first-order chi connectivity index (χ1) is 17.7. The first-order valence-electron chi connectivity index (χ1n) is 11.4. The van der Waals surface area contributed by atoms with Gasteiger partial charge in [-0.05, 0) is 26.3 Å². The summed E-state index contributed by atoms with van der Waals surface area (Å²) >= 11 is 0. The Morgan fingerprint density at radius 2 is 1.95 bits per heavy atom. The third-order valence-electron chi connectivity index (χ3n) is 6.61. The summed E-state index contributed by atoms with van der Waals surface area (Å²) < 4.78 is 95.0. The van der Waals surface area contributed by atoms with E-state index in [4.69, 9.17) is 9.47 Å². The van der Waals surface area contributed by atoms with Crippen LogP contribution in [0.3, 0.4) is 0 Å². The highest BCUT2D eigenvalue weighted by Crippen LogP contribution is 2.57. The van der Waals surface area contributed by atoms with Crippen LogP contribution >= 0.6 is 0 Å². The molecular weight excluding hydrogens is 522 g/mol. The molecule has 1 N–H and O–H groups in total. The van der Waals surface area contributed by atoms with Crippen molar-refractivity contribution in [3.8, 4) is 22.9 Å². The molecule has 3 aromatic heterocycles. The van der Waals surface area contributed by atoms with Crippen molar-refractivity contribution in [2.24, 2.45) is 5.41 Å². The van der Waals surface area contributed by atoms with Crippen molar-refractivity contribution in [1.82, 2.24) is 29.6 Å². The van der Waals surface area contributed by atoms with Crippen LogP contribution in [0.15, 0.2) is 30.9 Å². The fraction of sp³-hybridized carbons (Fsp3) is 0.478. The fourth-order valence-electron chi connectivity index (χ4n) is 4.21. The molecule has 206 valence electrons. The lowest BCUT2D eigenvalue weighted by molar-refractivity contribution is -0.185.